The maximum absolute atomic E-state index is 11.4. The van der Waals surface area contributed by atoms with E-state index in [1.54, 1.807) is 0 Å². The first-order valence-electron chi connectivity index (χ1n) is 4.28. The summed E-state index contributed by atoms with van der Waals surface area (Å²) in [5.74, 6) is 1.19. The Bertz CT molecular complexity index is 333. The van der Waals surface area contributed by atoms with Gasteiger partial charge in [-0.1, -0.05) is 6.92 Å². The molecule has 2 rings (SSSR count). The van der Waals surface area contributed by atoms with Crippen LogP contribution in [0, 0.1) is 11.8 Å². The lowest BCUT2D eigenvalue weighted by molar-refractivity contribution is -0.117. The van der Waals surface area contributed by atoms with Gasteiger partial charge in [0.25, 0.3) is 0 Å². The van der Waals surface area contributed by atoms with Crippen molar-refractivity contribution in [3.63, 3.8) is 0 Å². The molecule has 0 saturated heterocycles. The predicted molar refractivity (Wildman–Crippen MR) is 48.9 cm³/mol. The van der Waals surface area contributed by atoms with Gasteiger partial charge in [-0.15, -0.1) is 0 Å². The summed E-state index contributed by atoms with van der Waals surface area (Å²) < 4.78 is 0. The minimum Gasteiger partial charge on any atom is -0.394 e. The smallest absolute Gasteiger partial charge is 0.228 e. The highest BCUT2D eigenvalue weighted by Gasteiger charge is 2.39. The molecule has 1 aliphatic rings. The fourth-order valence-electron chi connectivity index (χ4n) is 1.30. The van der Waals surface area contributed by atoms with Crippen molar-refractivity contribution in [3.05, 3.63) is 6.20 Å². The molecule has 13 heavy (non-hydrogen) atoms. The van der Waals surface area contributed by atoms with Crippen molar-refractivity contribution in [2.24, 2.45) is 11.8 Å². The second-order valence-corrected chi connectivity index (χ2v) is 3.51. The SMILES string of the molecule is CC1CC1C(=O)Nc1[nH]ncc1N. The van der Waals surface area contributed by atoms with Gasteiger partial charge in [-0.25, -0.2) is 0 Å². The standard InChI is InChI=1S/C8H12N4O/c1-4-2-5(4)8(13)11-7-6(9)3-10-12-7/h3-5H,2,9H2,1H3,(H2,10,11,12,13). The molecule has 2 atom stereocenters. The van der Waals surface area contributed by atoms with Crippen LogP contribution in [0.1, 0.15) is 13.3 Å². The van der Waals surface area contributed by atoms with Crippen LogP contribution in [0.5, 0.6) is 0 Å². The average Bonchev–Trinajstić information content (AvgIpc) is 2.68. The van der Waals surface area contributed by atoms with Crippen LogP contribution < -0.4 is 11.1 Å². The minimum atomic E-state index is 0.0310. The zero-order chi connectivity index (χ0) is 9.42. The largest absolute Gasteiger partial charge is 0.394 e. The maximum atomic E-state index is 11.4. The van der Waals surface area contributed by atoms with Crippen LogP contribution in [0.25, 0.3) is 0 Å². The van der Waals surface area contributed by atoms with E-state index in [1.165, 1.54) is 6.20 Å². The zero-order valence-corrected chi connectivity index (χ0v) is 7.37. The van der Waals surface area contributed by atoms with Crippen LogP contribution in [-0.4, -0.2) is 16.1 Å². The van der Waals surface area contributed by atoms with E-state index in [4.69, 9.17) is 5.73 Å². The molecule has 0 spiro atoms. The van der Waals surface area contributed by atoms with E-state index in [2.05, 4.69) is 22.4 Å². The van der Waals surface area contributed by atoms with Crippen LogP contribution in [0.4, 0.5) is 11.5 Å². The summed E-state index contributed by atoms with van der Waals surface area (Å²) in [5.41, 5.74) is 6.01. The van der Waals surface area contributed by atoms with Crippen molar-refractivity contribution < 1.29 is 4.79 Å². The van der Waals surface area contributed by atoms with E-state index in [1.807, 2.05) is 0 Å². The van der Waals surface area contributed by atoms with E-state index in [9.17, 15) is 4.79 Å². The van der Waals surface area contributed by atoms with Gasteiger partial charge in [0, 0.05) is 5.92 Å². The monoisotopic (exact) mass is 180 g/mol. The third kappa shape index (κ3) is 1.49. The summed E-state index contributed by atoms with van der Waals surface area (Å²) in [5, 5.41) is 9.04. The van der Waals surface area contributed by atoms with Crippen LogP contribution in [0.3, 0.4) is 0 Å². The first kappa shape index (κ1) is 8.10. The lowest BCUT2D eigenvalue weighted by Crippen LogP contribution is -2.15. The summed E-state index contributed by atoms with van der Waals surface area (Å²) in [4.78, 5) is 11.4. The number of carbonyl (C=O) groups excluding carboxylic acids is 1. The summed E-state index contributed by atoms with van der Waals surface area (Å²) in [6, 6.07) is 0. The van der Waals surface area contributed by atoms with E-state index in [-0.39, 0.29) is 11.8 Å². The molecule has 0 radical (unpaired) electrons. The molecule has 0 bridgehead atoms. The number of hydrogen-bond donors (Lipinski definition) is 3. The fraction of sp³-hybridized carbons (Fsp3) is 0.500. The number of nitrogens with two attached hydrogens (primary N) is 1. The molecular formula is C8H12N4O. The summed E-state index contributed by atoms with van der Waals surface area (Å²) >= 11 is 0. The Balaban J connectivity index is 1.99. The molecule has 1 fully saturated rings. The molecule has 1 amide bonds. The summed E-state index contributed by atoms with van der Waals surface area (Å²) in [7, 11) is 0. The highest BCUT2D eigenvalue weighted by Crippen LogP contribution is 2.38. The van der Waals surface area contributed by atoms with Gasteiger partial charge in [-0.05, 0) is 12.3 Å². The average molecular weight is 180 g/mol. The molecule has 4 N–H and O–H groups in total. The normalized spacial score (nSPS) is 25.6. The van der Waals surface area contributed by atoms with Gasteiger partial charge in [0.05, 0.1) is 11.9 Å². The summed E-state index contributed by atoms with van der Waals surface area (Å²) in [6.07, 6.45) is 2.45. The van der Waals surface area contributed by atoms with Crippen molar-refractivity contribution in [2.75, 3.05) is 11.1 Å². The van der Waals surface area contributed by atoms with E-state index in [0.717, 1.165) is 6.42 Å². The van der Waals surface area contributed by atoms with E-state index >= 15 is 0 Å². The molecule has 5 heteroatoms. The van der Waals surface area contributed by atoms with Gasteiger partial charge in [-0.2, -0.15) is 5.10 Å². The van der Waals surface area contributed by atoms with Crippen molar-refractivity contribution in [1.82, 2.24) is 10.2 Å². The highest BCUT2D eigenvalue weighted by molar-refractivity contribution is 5.95. The molecule has 0 aromatic carbocycles. The minimum absolute atomic E-state index is 0.0310. The van der Waals surface area contributed by atoms with Gasteiger partial charge in [0.1, 0.15) is 0 Å². The first-order chi connectivity index (χ1) is 6.18. The molecule has 1 aromatic heterocycles. The number of anilines is 2. The lowest BCUT2D eigenvalue weighted by Gasteiger charge is -2.01. The molecule has 1 saturated carbocycles. The summed E-state index contributed by atoms with van der Waals surface area (Å²) in [6.45, 7) is 2.06. The highest BCUT2D eigenvalue weighted by atomic mass is 16.2. The van der Waals surface area contributed by atoms with Gasteiger partial charge in [-0.3, -0.25) is 9.89 Å². The predicted octanol–water partition coefficient (Wildman–Crippen LogP) is 0.586. The van der Waals surface area contributed by atoms with Crippen molar-refractivity contribution in [1.29, 1.82) is 0 Å². The van der Waals surface area contributed by atoms with Crippen molar-refractivity contribution in [2.45, 2.75) is 13.3 Å². The number of aromatic nitrogens is 2. The third-order valence-corrected chi connectivity index (χ3v) is 2.36. The molecule has 2 unspecified atom stereocenters. The molecule has 70 valence electrons. The van der Waals surface area contributed by atoms with Gasteiger partial charge >= 0.3 is 0 Å². The zero-order valence-electron chi connectivity index (χ0n) is 7.37. The van der Waals surface area contributed by atoms with Gasteiger partial charge in [0.2, 0.25) is 5.91 Å². The van der Waals surface area contributed by atoms with Crippen LogP contribution >= 0.6 is 0 Å². The molecule has 1 heterocycles. The Kier molecular flexibility index (Phi) is 1.72. The number of nitrogen functional groups attached to an aromatic ring is 1. The fourth-order valence-corrected chi connectivity index (χ4v) is 1.30. The number of carbonyl (C=O) groups is 1. The number of nitrogens with zero attached hydrogens (tertiary/aromatic N) is 1. The quantitative estimate of drug-likeness (QED) is 0.622. The topological polar surface area (TPSA) is 83.8 Å². The van der Waals surface area contributed by atoms with Crippen LogP contribution in [0.15, 0.2) is 6.20 Å². The lowest BCUT2D eigenvalue weighted by atomic mass is 10.3. The van der Waals surface area contributed by atoms with Gasteiger partial charge in [0.15, 0.2) is 5.82 Å². The first-order valence-corrected chi connectivity index (χ1v) is 4.28. The Labute approximate surface area is 75.7 Å². The van der Waals surface area contributed by atoms with E-state index in [0.29, 0.717) is 17.4 Å². The van der Waals surface area contributed by atoms with E-state index < -0.39 is 0 Å². The molecule has 0 aliphatic heterocycles. The molecule has 5 nitrogen and oxygen atoms in total. The van der Waals surface area contributed by atoms with Crippen LogP contribution in [0.2, 0.25) is 0 Å². The number of rotatable bonds is 2. The second-order valence-electron chi connectivity index (χ2n) is 3.51. The molecular weight excluding hydrogens is 168 g/mol. The Morgan fingerprint density at radius 3 is 3.00 bits per heavy atom. The number of aromatic amines is 1. The van der Waals surface area contributed by atoms with Crippen molar-refractivity contribution in [3.8, 4) is 0 Å². The Hall–Kier alpha value is -1.52. The Morgan fingerprint density at radius 2 is 2.54 bits per heavy atom. The third-order valence-electron chi connectivity index (χ3n) is 2.36. The second kappa shape index (κ2) is 2.76. The number of H-pyrrole nitrogens is 1. The van der Waals surface area contributed by atoms with Gasteiger partial charge < -0.3 is 11.1 Å². The van der Waals surface area contributed by atoms with Crippen LogP contribution in [-0.2, 0) is 4.79 Å². The number of amides is 1. The Morgan fingerprint density at radius 1 is 1.85 bits per heavy atom. The molecule has 1 aliphatic carbocycles. The maximum Gasteiger partial charge on any atom is 0.228 e. The number of nitrogens with one attached hydrogen (secondary N) is 2. The van der Waals surface area contributed by atoms with Crippen molar-refractivity contribution >= 4 is 17.4 Å². The number of hydrogen-bond acceptors (Lipinski definition) is 3. The molecule has 1 aromatic rings.